The number of cyclic esters (lactones) is 1. The maximum Gasteiger partial charge on any atom is 0.410 e. The summed E-state index contributed by atoms with van der Waals surface area (Å²) >= 11 is 0. The van der Waals surface area contributed by atoms with Crippen LogP contribution in [-0.4, -0.2) is 62.9 Å². The molecule has 2 amide bonds. The summed E-state index contributed by atoms with van der Waals surface area (Å²) in [6.07, 6.45) is -0.623. The Balaban J connectivity index is 1.39. The Bertz CT molecular complexity index is 835. The normalized spacial score (nSPS) is 17.6. The second-order valence-corrected chi connectivity index (χ2v) is 6.84. The van der Waals surface area contributed by atoms with Crippen molar-refractivity contribution in [2.45, 2.75) is 25.6 Å². The van der Waals surface area contributed by atoms with Gasteiger partial charge in [0.05, 0.1) is 31.0 Å². The van der Waals surface area contributed by atoms with Gasteiger partial charge in [-0.05, 0) is 11.6 Å². The summed E-state index contributed by atoms with van der Waals surface area (Å²) < 4.78 is 6.71. The average Bonchev–Trinajstić information content (AvgIpc) is 3.28. The molecule has 0 radical (unpaired) electrons. The van der Waals surface area contributed by atoms with E-state index < -0.39 is 12.2 Å². The zero-order valence-corrected chi connectivity index (χ0v) is 15.0. The molecule has 1 saturated heterocycles. The number of aliphatic hydroxyl groups is 1. The first kappa shape index (κ1) is 17.5. The van der Waals surface area contributed by atoms with Gasteiger partial charge in [0.1, 0.15) is 19.3 Å². The van der Waals surface area contributed by atoms with Gasteiger partial charge in [0.15, 0.2) is 0 Å². The molecule has 4 rings (SSSR count). The van der Waals surface area contributed by atoms with Gasteiger partial charge >= 0.3 is 6.09 Å². The molecule has 3 heterocycles. The lowest BCUT2D eigenvalue weighted by atomic mass is 10.1. The van der Waals surface area contributed by atoms with Crippen molar-refractivity contribution in [2.75, 3.05) is 26.2 Å². The molecule has 2 aliphatic heterocycles. The van der Waals surface area contributed by atoms with Crippen LogP contribution in [0.2, 0.25) is 0 Å². The summed E-state index contributed by atoms with van der Waals surface area (Å²) in [5.41, 5.74) is 2.55. The topological polar surface area (TPSA) is 87.9 Å². The Morgan fingerprint density at radius 1 is 1.22 bits per heavy atom. The number of ether oxygens (including phenoxy) is 1. The van der Waals surface area contributed by atoms with Gasteiger partial charge in [-0.3, -0.25) is 14.4 Å². The average molecular weight is 370 g/mol. The van der Waals surface area contributed by atoms with Crippen molar-refractivity contribution in [1.82, 2.24) is 19.6 Å². The first-order valence-corrected chi connectivity index (χ1v) is 9.08. The Labute approximate surface area is 156 Å². The zero-order chi connectivity index (χ0) is 18.8. The van der Waals surface area contributed by atoms with Crippen LogP contribution in [-0.2, 0) is 29.0 Å². The largest absolute Gasteiger partial charge is 0.448 e. The number of carbonyl (C=O) groups excluding carboxylic acids is 2. The molecule has 1 aromatic heterocycles. The van der Waals surface area contributed by atoms with Gasteiger partial charge in [-0.2, -0.15) is 5.10 Å². The smallest absolute Gasteiger partial charge is 0.410 e. The molecular weight excluding hydrogens is 348 g/mol. The van der Waals surface area contributed by atoms with Gasteiger partial charge in [0, 0.05) is 13.0 Å². The van der Waals surface area contributed by atoms with E-state index in [9.17, 15) is 14.7 Å². The number of carbonyl (C=O) groups is 2. The van der Waals surface area contributed by atoms with E-state index >= 15 is 0 Å². The fraction of sp³-hybridized carbons (Fsp3) is 0.421. The SMILES string of the molecule is O=C(CN1CCOC1=O)N1CCn2nc([C@H](O)Cc3ccccc3)cc2C1. The molecule has 0 aliphatic carbocycles. The molecule has 8 heteroatoms. The Hall–Kier alpha value is -2.87. The molecule has 2 aliphatic rings. The van der Waals surface area contributed by atoms with Crippen LogP contribution >= 0.6 is 0 Å². The van der Waals surface area contributed by atoms with Gasteiger partial charge in [-0.15, -0.1) is 0 Å². The second-order valence-electron chi connectivity index (χ2n) is 6.84. The standard InChI is InChI=1S/C19H22N4O4/c24-17(10-14-4-2-1-3-5-14)16-11-15-12-21(6-7-23(15)20-16)18(25)13-22-8-9-27-19(22)26/h1-5,11,17,24H,6-10,12-13H2/t17-/m1/s1. The van der Waals surface area contributed by atoms with Gasteiger partial charge in [-0.25, -0.2) is 4.79 Å². The van der Waals surface area contributed by atoms with Crippen LogP contribution in [0.5, 0.6) is 0 Å². The Morgan fingerprint density at radius 2 is 2.04 bits per heavy atom. The van der Waals surface area contributed by atoms with Crippen molar-refractivity contribution < 1.29 is 19.4 Å². The maximum atomic E-state index is 12.5. The van der Waals surface area contributed by atoms with E-state index in [1.165, 1.54) is 4.90 Å². The van der Waals surface area contributed by atoms with E-state index in [4.69, 9.17) is 4.74 Å². The van der Waals surface area contributed by atoms with E-state index in [0.717, 1.165) is 11.3 Å². The third-order valence-electron chi connectivity index (χ3n) is 4.95. The summed E-state index contributed by atoms with van der Waals surface area (Å²) in [5.74, 6) is -0.104. The quantitative estimate of drug-likeness (QED) is 0.847. The highest BCUT2D eigenvalue weighted by molar-refractivity contribution is 5.83. The summed E-state index contributed by atoms with van der Waals surface area (Å²) in [6.45, 7) is 2.35. The van der Waals surface area contributed by atoms with Crippen LogP contribution in [0.25, 0.3) is 0 Å². The van der Waals surface area contributed by atoms with E-state index in [1.807, 2.05) is 41.1 Å². The lowest BCUT2D eigenvalue weighted by Crippen LogP contribution is -2.44. The van der Waals surface area contributed by atoms with Crippen LogP contribution in [0.15, 0.2) is 36.4 Å². The molecule has 1 fully saturated rings. The lowest BCUT2D eigenvalue weighted by molar-refractivity contribution is -0.133. The molecule has 1 atom stereocenters. The number of amides is 2. The molecule has 8 nitrogen and oxygen atoms in total. The predicted octanol–water partition coefficient (Wildman–Crippen LogP) is 0.954. The predicted molar refractivity (Wildman–Crippen MR) is 95.7 cm³/mol. The number of benzene rings is 1. The molecule has 27 heavy (non-hydrogen) atoms. The minimum absolute atomic E-state index is 0.0382. The molecule has 2 aromatic rings. The minimum Gasteiger partial charge on any atom is -0.448 e. The van der Waals surface area contributed by atoms with E-state index in [2.05, 4.69) is 5.10 Å². The van der Waals surface area contributed by atoms with Gasteiger partial charge in [0.25, 0.3) is 0 Å². The first-order chi connectivity index (χ1) is 13.1. The van der Waals surface area contributed by atoms with Crippen molar-refractivity contribution in [3.63, 3.8) is 0 Å². The maximum absolute atomic E-state index is 12.5. The first-order valence-electron chi connectivity index (χ1n) is 9.08. The van der Waals surface area contributed by atoms with Crippen LogP contribution in [0.4, 0.5) is 4.79 Å². The monoisotopic (exact) mass is 370 g/mol. The highest BCUT2D eigenvalue weighted by atomic mass is 16.6. The van der Waals surface area contributed by atoms with Crippen LogP contribution in [0, 0.1) is 0 Å². The Kier molecular flexibility index (Phi) is 4.81. The van der Waals surface area contributed by atoms with E-state index in [-0.39, 0.29) is 12.5 Å². The van der Waals surface area contributed by atoms with E-state index in [1.54, 1.807) is 4.90 Å². The molecule has 0 bridgehead atoms. The number of fused-ring (bicyclic) bond motifs is 1. The molecular formula is C19H22N4O4. The van der Waals surface area contributed by atoms with Crippen LogP contribution in [0.1, 0.15) is 23.1 Å². The van der Waals surface area contributed by atoms with Crippen LogP contribution < -0.4 is 0 Å². The van der Waals surface area contributed by atoms with Crippen molar-refractivity contribution in [3.05, 3.63) is 53.3 Å². The Morgan fingerprint density at radius 3 is 2.78 bits per heavy atom. The fourth-order valence-corrected chi connectivity index (χ4v) is 3.44. The number of hydrogen-bond acceptors (Lipinski definition) is 5. The molecule has 0 unspecified atom stereocenters. The van der Waals surface area contributed by atoms with E-state index in [0.29, 0.717) is 44.9 Å². The van der Waals surface area contributed by atoms with Crippen molar-refractivity contribution in [2.24, 2.45) is 0 Å². The number of rotatable bonds is 5. The lowest BCUT2D eigenvalue weighted by Gasteiger charge is -2.28. The van der Waals surface area contributed by atoms with Crippen molar-refractivity contribution >= 4 is 12.0 Å². The number of nitrogens with zero attached hydrogens (tertiary/aromatic N) is 4. The highest BCUT2D eigenvalue weighted by Gasteiger charge is 2.29. The third kappa shape index (κ3) is 3.80. The van der Waals surface area contributed by atoms with Gasteiger partial charge < -0.3 is 14.7 Å². The summed E-state index contributed by atoms with van der Waals surface area (Å²) in [7, 11) is 0. The zero-order valence-electron chi connectivity index (χ0n) is 15.0. The number of aliphatic hydroxyl groups excluding tert-OH is 1. The van der Waals surface area contributed by atoms with Crippen LogP contribution in [0.3, 0.4) is 0 Å². The molecule has 0 saturated carbocycles. The minimum atomic E-state index is -0.686. The summed E-state index contributed by atoms with van der Waals surface area (Å²) in [4.78, 5) is 27.1. The second kappa shape index (κ2) is 7.40. The molecule has 142 valence electrons. The fourth-order valence-electron chi connectivity index (χ4n) is 3.44. The van der Waals surface area contributed by atoms with Gasteiger partial charge in [-0.1, -0.05) is 30.3 Å². The molecule has 0 spiro atoms. The van der Waals surface area contributed by atoms with Crippen molar-refractivity contribution in [1.29, 1.82) is 0 Å². The number of aromatic nitrogens is 2. The third-order valence-corrected chi connectivity index (χ3v) is 4.95. The summed E-state index contributed by atoms with van der Waals surface area (Å²) in [5, 5.41) is 15.0. The number of hydrogen-bond donors (Lipinski definition) is 1. The van der Waals surface area contributed by atoms with Gasteiger partial charge in [0.2, 0.25) is 5.91 Å². The summed E-state index contributed by atoms with van der Waals surface area (Å²) in [6, 6.07) is 11.6. The van der Waals surface area contributed by atoms with Crippen molar-refractivity contribution in [3.8, 4) is 0 Å². The molecule has 1 N–H and O–H groups in total. The molecule has 1 aromatic carbocycles. The highest BCUT2D eigenvalue weighted by Crippen LogP contribution is 2.21.